The van der Waals surface area contributed by atoms with Crippen molar-refractivity contribution in [1.82, 2.24) is 9.80 Å². The van der Waals surface area contributed by atoms with Crippen LogP contribution in [0.5, 0.6) is 0 Å². The third kappa shape index (κ3) is 6.23. The van der Waals surface area contributed by atoms with Crippen molar-refractivity contribution >= 4 is 11.9 Å². The maximum absolute atomic E-state index is 12.7. The van der Waals surface area contributed by atoms with E-state index in [1.54, 1.807) is 0 Å². The number of hydrogen-bond donors (Lipinski definition) is 0. The van der Waals surface area contributed by atoms with Gasteiger partial charge in [-0.1, -0.05) is 36.4 Å². The monoisotopic (exact) mass is 550 g/mol. The molecule has 2 saturated heterocycles. The van der Waals surface area contributed by atoms with Crippen molar-refractivity contribution in [3.8, 4) is 0 Å². The summed E-state index contributed by atoms with van der Waals surface area (Å²) in [5, 5.41) is 24.9. The van der Waals surface area contributed by atoms with Crippen LogP contribution >= 0.6 is 0 Å². The van der Waals surface area contributed by atoms with E-state index in [1.807, 2.05) is 19.9 Å². The Kier molecular flexibility index (Phi) is 9.18. The lowest BCUT2D eigenvalue weighted by atomic mass is 9.65. The molecule has 40 heavy (non-hydrogen) atoms. The molecule has 2 aliphatic rings. The van der Waals surface area contributed by atoms with E-state index in [9.17, 15) is 19.8 Å². The molecule has 1 aromatic carbocycles. The second kappa shape index (κ2) is 11.4. The lowest BCUT2D eigenvalue weighted by Crippen LogP contribution is -2.61. The molecule has 0 N–H and O–H groups in total. The van der Waals surface area contributed by atoms with Gasteiger partial charge in [-0.25, -0.2) is 0 Å². The van der Waals surface area contributed by atoms with Crippen molar-refractivity contribution in [2.45, 2.75) is 129 Å². The molecule has 6 nitrogen and oxygen atoms in total. The number of nitrogens with zero attached hydrogens (tertiary/aromatic N) is 2. The molecule has 3 rings (SSSR count). The lowest BCUT2D eigenvalue weighted by Gasteiger charge is -2.57. The van der Waals surface area contributed by atoms with E-state index in [4.69, 9.17) is 0 Å². The number of carbonyl (C=O) groups excluding carboxylic acids is 2. The number of hydrogen-bond acceptors (Lipinski definition) is 6. The van der Waals surface area contributed by atoms with Crippen LogP contribution in [0.1, 0.15) is 139 Å². The summed E-state index contributed by atoms with van der Waals surface area (Å²) in [5.41, 5.74) is 0.356. The average molecular weight is 551 g/mol. The smallest absolute Gasteiger partial charge is 0.0724 e. The Balaban J connectivity index is 2.22. The molecule has 1 aromatic rings. The van der Waals surface area contributed by atoms with Crippen molar-refractivity contribution in [1.29, 1.82) is 0 Å². The minimum absolute atomic E-state index is 0.0723. The molecule has 2 aliphatic heterocycles. The summed E-state index contributed by atoms with van der Waals surface area (Å²) in [7, 11) is 0. The van der Waals surface area contributed by atoms with E-state index in [1.165, 1.54) is 6.07 Å². The zero-order chi connectivity index (χ0) is 30.3. The van der Waals surface area contributed by atoms with E-state index < -0.39 is 11.9 Å². The fourth-order valence-electron chi connectivity index (χ4n) is 8.29. The number of carbonyl (C=O) groups is 2. The molecular formula is C34H50N2O4-2. The standard InChI is InChI=1S/C34H52N2O4/c1-11-13-17-35-31(3,4)19-23(20-32(35,5)6)25-15-16-26(29(37)38)28(30(39)40)27(25)24-21-33(7,8)36(18-14-12-2)34(9,10)22-24/h11-16,23-24H,17-22H2,1-10H3,(H,37,38)(H,39,40)/p-2/b13-11+,14-12+. The fraction of sp³-hybridized carbons (Fsp3) is 0.647. The first-order valence-corrected chi connectivity index (χ1v) is 14.8. The highest BCUT2D eigenvalue weighted by Gasteiger charge is 2.49. The molecule has 0 unspecified atom stereocenters. The van der Waals surface area contributed by atoms with Crippen LogP contribution in [0.15, 0.2) is 36.4 Å². The van der Waals surface area contributed by atoms with Gasteiger partial charge < -0.3 is 19.8 Å². The maximum atomic E-state index is 12.7. The van der Waals surface area contributed by atoms with Gasteiger partial charge in [0.25, 0.3) is 0 Å². The molecule has 0 radical (unpaired) electrons. The first-order valence-electron chi connectivity index (χ1n) is 14.8. The van der Waals surface area contributed by atoms with E-state index in [0.29, 0.717) is 18.4 Å². The van der Waals surface area contributed by atoms with E-state index in [-0.39, 0.29) is 45.1 Å². The summed E-state index contributed by atoms with van der Waals surface area (Å²) in [4.78, 5) is 29.9. The van der Waals surface area contributed by atoms with Crippen LogP contribution < -0.4 is 10.2 Å². The topological polar surface area (TPSA) is 86.7 Å². The SMILES string of the molecule is C/C=C/CN1C(C)(C)CC(c2ccc(C(=O)[O-])c(C(=O)[O-])c2C2CC(C)(C)N(C/C=C/C)C(C)(C)C2)CC1(C)C. The van der Waals surface area contributed by atoms with Gasteiger partial charge in [0.15, 0.2) is 0 Å². The largest absolute Gasteiger partial charge is 0.545 e. The summed E-state index contributed by atoms with van der Waals surface area (Å²) in [5.74, 6) is -2.98. The van der Waals surface area contributed by atoms with Crippen LogP contribution in [0.4, 0.5) is 0 Å². The molecule has 0 spiro atoms. The third-order valence-corrected chi connectivity index (χ3v) is 9.51. The van der Waals surface area contributed by atoms with E-state index in [2.05, 4.69) is 89.5 Å². The summed E-state index contributed by atoms with van der Waals surface area (Å²) in [6.07, 6.45) is 11.6. The van der Waals surface area contributed by atoms with Gasteiger partial charge in [0.2, 0.25) is 0 Å². The average Bonchev–Trinajstić information content (AvgIpc) is 2.80. The highest BCUT2D eigenvalue weighted by molar-refractivity contribution is 6.01. The summed E-state index contributed by atoms with van der Waals surface area (Å²) in [6, 6.07) is 3.31. The minimum Gasteiger partial charge on any atom is -0.545 e. The fourth-order valence-corrected chi connectivity index (χ4v) is 8.29. The Bertz CT molecular complexity index is 1140. The highest BCUT2D eigenvalue weighted by atomic mass is 16.4. The normalized spacial score (nSPS) is 23.6. The quantitative estimate of drug-likeness (QED) is 0.422. The molecular weight excluding hydrogens is 500 g/mol. The Labute approximate surface area is 242 Å². The molecule has 0 amide bonds. The number of piperidine rings is 2. The summed E-state index contributed by atoms with van der Waals surface area (Å²) in [6.45, 7) is 23.5. The molecule has 0 bridgehead atoms. The number of allylic oxidation sites excluding steroid dienone is 2. The van der Waals surface area contributed by atoms with Gasteiger partial charge in [0, 0.05) is 46.4 Å². The molecule has 2 heterocycles. The predicted octanol–water partition coefficient (Wildman–Crippen LogP) is 5.04. The minimum atomic E-state index is -1.47. The Morgan fingerprint density at radius 1 is 0.725 bits per heavy atom. The summed E-state index contributed by atoms with van der Waals surface area (Å²) < 4.78 is 0. The van der Waals surface area contributed by atoms with Crippen molar-refractivity contribution in [3.63, 3.8) is 0 Å². The number of benzene rings is 1. The number of carboxylic acid groups (broad SMARTS) is 2. The maximum Gasteiger partial charge on any atom is 0.0724 e. The second-order valence-corrected chi connectivity index (χ2v) is 14.4. The summed E-state index contributed by atoms with van der Waals surface area (Å²) >= 11 is 0. The zero-order valence-electron chi connectivity index (χ0n) is 26.4. The van der Waals surface area contributed by atoms with Crippen LogP contribution in [-0.4, -0.2) is 57.0 Å². The van der Waals surface area contributed by atoms with E-state index >= 15 is 0 Å². The van der Waals surface area contributed by atoms with Gasteiger partial charge in [-0.15, -0.1) is 0 Å². The third-order valence-electron chi connectivity index (χ3n) is 9.51. The molecule has 2 fully saturated rings. The van der Waals surface area contributed by atoms with Gasteiger partial charge in [-0.2, -0.15) is 0 Å². The number of aromatic carboxylic acids is 2. The Hall–Kier alpha value is -2.44. The van der Waals surface area contributed by atoms with Crippen molar-refractivity contribution < 1.29 is 19.8 Å². The first kappa shape index (κ1) is 32.1. The van der Waals surface area contributed by atoms with Crippen LogP contribution in [0.2, 0.25) is 0 Å². The van der Waals surface area contributed by atoms with Crippen LogP contribution in [-0.2, 0) is 0 Å². The van der Waals surface area contributed by atoms with Gasteiger partial charge in [0.05, 0.1) is 11.9 Å². The van der Waals surface area contributed by atoms with Gasteiger partial charge >= 0.3 is 0 Å². The second-order valence-electron chi connectivity index (χ2n) is 14.4. The molecule has 0 aliphatic carbocycles. The zero-order valence-corrected chi connectivity index (χ0v) is 26.4. The Morgan fingerprint density at radius 2 is 1.12 bits per heavy atom. The Morgan fingerprint density at radius 3 is 1.48 bits per heavy atom. The molecule has 0 aromatic heterocycles. The van der Waals surface area contributed by atoms with Crippen molar-refractivity contribution in [2.24, 2.45) is 0 Å². The molecule has 0 atom stereocenters. The molecule has 222 valence electrons. The molecule has 0 saturated carbocycles. The highest BCUT2D eigenvalue weighted by Crippen LogP contribution is 2.52. The number of carboxylic acids is 2. The molecule has 6 heteroatoms. The van der Waals surface area contributed by atoms with Crippen LogP contribution in [0, 0.1) is 0 Å². The first-order chi connectivity index (χ1) is 18.4. The van der Waals surface area contributed by atoms with Crippen molar-refractivity contribution in [2.75, 3.05) is 13.1 Å². The van der Waals surface area contributed by atoms with Crippen LogP contribution in [0.25, 0.3) is 0 Å². The lowest BCUT2D eigenvalue weighted by molar-refractivity contribution is -0.259. The van der Waals surface area contributed by atoms with Crippen molar-refractivity contribution in [3.05, 3.63) is 58.7 Å². The number of likely N-dealkylation sites (tertiary alicyclic amines) is 2. The number of rotatable bonds is 8. The van der Waals surface area contributed by atoms with Gasteiger partial charge in [-0.3, -0.25) is 9.80 Å². The van der Waals surface area contributed by atoms with E-state index in [0.717, 1.165) is 31.5 Å². The van der Waals surface area contributed by atoms with Crippen LogP contribution in [0.3, 0.4) is 0 Å². The predicted molar refractivity (Wildman–Crippen MR) is 158 cm³/mol. The van der Waals surface area contributed by atoms with Gasteiger partial charge in [-0.05, 0) is 118 Å². The van der Waals surface area contributed by atoms with Gasteiger partial charge in [0.1, 0.15) is 0 Å².